The highest BCUT2D eigenvalue weighted by atomic mass is 32.2. The molecular weight excluding hydrogens is 270 g/mol. The van der Waals surface area contributed by atoms with Gasteiger partial charge >= 0.3 is 0 Å². The minimum atomic E-state index is -3.30. The molecule has 0 aliphatic heterocycles. The predicted octanol–water partition coefficient (Wildman–Crippen LogP) is 3.23. The molecule has 0 spiro atoms. The Labute approximate surface area is 119 Å². The summed E-state index contributed by atoms with van der Waals surface area (Å²) in [7, 11) is -3.30. The molecule has 4 heteroatoms. The van der Waals surface area contributed by atoms with Crippen LogP contribution in [0.15, 0.2) is 54.6 Å². The Morgan fingerprint density at radius 1 is 1.10 bits per heavy atom. The molecule has 3 nitrogen and oxygen atoms in total. The molecule has 0 heterocycles. The highest BCUT2D eigenvalue weighted by Crippen LogP contribution is 2.25. The summed E-state index contributed by atoms with van der Waals surface area (Å²) in [5.41, 5.74) is 1.90. The van der Waals surface area contributed by atoms with E-state index in [-0.39, 0.29) is 5.75 Å². The normalized spacial score (nSPS) is 12.6. The number of hydrogen-bond acceptors (Lipinski definition) is 3. The maximum absolute atomic E-state index is 12.4. The van der Waals surface area contributed by atoms with Crippen molar-refractivity contribution >= 4 is 9.84 Å². The Hall–Kier alpha value is -2.12. The van der Waals surface area contributed by atoms with Crippen LogP contribution < -0.4 is 0 Å². The van der Waals surface area contributed by atoms with Crippen LogP contribution in [-0.2, 0) is 15.6 Å². The van der Waals surface area contributed by atoms with Crippen LogP contribution in [-0.4, -0.2) is 8.42 Å². The topological polar surface area (TPSA) is 57.9 Å². The van der Waals surface area contributed by atoms with Gasteiger partial charge in [0.2, 0.25) is 0 Å². The molecule has 102 valence electrons. The molecule has 0 aromatic heterocycles. The first-order valence-electron chi connectivity index (χ1n) is 6.28. The van der Waals surface area contributed by atoms with E-state index in [1.807, 2.05) is 36.4 Å². The van der Waals surface area contributed by atoms with Crippen LogP contribution >= 0.6 is 0 Å². The molecule has 1 atom stereocenters. The first-order chi connectivity index (χ1) is 9.53. The average molecular weight is 285 g/mol. The Balaban J connectivity index is 2.25. The molecule has 0 radical (unpaired) electrons. The molecule has 2 aromatic rings. The predicted molar refractivity (Wildman–Crippen MR) is 78.6 cm³/mol. The second-order valence-corrected chi connectivity index (χ2v) is 6.99. The fourth-order valence-electron chi connectivity index (χ4n) is 2.02. The van der Waals surface area contributed by atoms with Gasteiger partial charge in [-0.15, -0.1) is 0 Å². The molecule has 0 aliphatic rings. The molecule has 0 aliphatic carbocycles. The Morgan fingerprint density at radius 2 is 1.80 bits per heavy atom. The second-order valence-electron chi connectivity index (χ2n) is 4.67. The van der Waals surface area contributed by atoms with Crippen molar-refractivity contribution in [1.82, 2.24) is 0 Å². The third-order valence-electron chi connectivity index (χ3n) is 3.23. The molecule has 0 N–H and O–H groups in total. The third-order valence-corrected chi connectivity index (χ3v) is 5.32. The minimum absolute atomic E-state index is 0.0570. The lowest BCUT2D eigenvalue weighted by atomic mass is 10.2. The Kier molecular flexibility index (Phi) is 4.21. The lowest BCUT2D eigenvalue weighted by Crippen LogP contribution is -2.12. The minimum Gasteiger partial charge on any atom is -0.228 e. The number of rotatable bonds is 4. The summed E-state index contributed by atoms with van der Waals surface area (Å²) in [6.45, 7) is 1.69. The van der Waals surface area contributed by atoms with Crippen LogP contribution in [0, 0.1) is 11.3 Å². The number of sulfone groups is 1. The highest BCUT2D eigenvalue weighted by molar-refractivity contribution is 7.90. The quantitative estimate of drug-likeness (QED) is 0.866. The zero-order chi connectivity index (χ0) is 14.6. The van der Waals surface area contributed by atoms with Crippen molar-refractivity contribution in [3.63, 3.8) is 0 Å². The summed E-state index contributed by atoms with van der Waals surface area (Å²) in [5, 5.41) is 8.29. The van der Waals surface area contributed by atoms with Crippen molar-refractivity contribution in [2.45, 2.75) is 17.9 Å². The molecule has 0 saturated heterocycles. The average Bonchev–Trinajstić information content (AvgIpc) is 2.47. The van der Waals surface area contributed by atoms with Gasteiger partial charge in [-0.2, -0.15) is 5.26 Å². The number of nitrogens with zero attached hydrogens (tertiary/aromatic N) is 1. The Bertz CT molecular complexity index is 731. The van der Waals surface area contributed by atoms with Crippen molar-refractivity contribution in [2.75, 3.05) is 0 Å². The van der Waals surface area contributed by atoms with Crippen LogP contribution in [0.4, 0.5) is 0 Å². The summed E-state index contributed by atoms with van der Waals surface area (Å²) in [4.78, 5) is 0. The van der Waals surface area contributed by atoms with Gasteiger partial charge < -0.3 is 0 Å². The van der Waals surface area contributed by atoms with Gasteiger partial charge in [0, 0.05) is 0 Å². The summed E-state index contributed by atoms with van der Waals surface area (Å²) < 4.78 is 24.8. The van der Waals surface area contributed by atoms with Crippen molar-refractivity contribution in [3.05, 3.63) is 71.3 Å². The van der Waals surface area contributed by atoms with Crippen molar-refractivity contribution < 1.29 is 8.42 Å². The maximum Gasteiger partial charge on any atom is 0.161 e. The van der Waals surface area contributed by atoms with E-state index in [1.54, 1.807) is 31.2 Å². The summed E-state index contributed by atoms with van der Waals surface area (Å²) in [6, 6.07) is 17.9. The monoisotopic (exact) mass is 285 g/mol. The van der Waals surface area contributed by atoms with Crippen LogP contribution in [0.25, 0.3) is 0 Å². The molecule has 20 heavy (non-hydrogen) atoms. The van der Waals surface area contributed by atoms with Gasteiger partial charge in [0.05, 0.1) is 22.6 Å². The standard InChI is InChI=1S/C16H15NO2S/c1-13(16-8-3-2-4-9-16)20(18,19)12-15-7-5-6-14(10-15)11-17/h2-10,13H,12H2,1H3. The third kappa shape index (κ3) is 3.25. The van der Waals surface area contributed by atoms with Gasteiger partial charge in [0.25, 0.3) is 0 Å². The first-order valence-corrected chi connectivity index (χ1v) is 8.00. The van der Waals surface area contributed by atoms with Gasteiger partial charge in [-0.3, -0.25) is 0 Å². The Morgan fingerprint density at radius 3 is 2.45 bits per heavy atom. The van der Waals surface area contributed by atoms with Gasteiger partial charge in [-0.1, -0.05) is 42.5 Å². The SMILES string of the molecule is CC(c1ccccc1)S(=O)(=O)Cc1cccc(C#N)c1. The van der Waals surface area contributed by atoms with E-state index < -0.39 is 15.1 Å². The second kappa shape index (κ2) is 5.89. The van der Waals surface area contributed by atoms with E-state index in [0.717, 1.165) is 5.56 Å². The largest absolute Gasteiger partial charge is 0.228 e. The van der Waals surface area contributed by atoms with Crippen LogP contribution in [0.1, 0.15) is 28.9 Å². The van der Waals surface area contributed by atoms with Gasteiger partial charge in [-0.05, 0) is 30.2 Å². The fraction of sp³-hybridized carbons (Fsp3) is 0.188. The number of hydrogen-bond donors (Lipinski definition) is 0. The van der Waals surface area contributed by atoms with E-state index in [4.69, 9.17) is 5.26 Å². The molecule has 0 bridgehead atoms. The van der Waals surface area contributed by atoms with Crippen molar-refractivity contribution in [3.8, 4) is 6.07 Å². The zero-order valence-corrected chi connectivity index (χ0v) is 12.0. The number of benzene rings is 2. The van der Waals surface area contributed by atoms with Gasteiger partial charge in [-0.25, -0.2) is 8.42 Å². The maximum atomic E-state index is 12.4. The molecule has 1 unspecified atom stereocenters. The zero-order valence-electron chi connectivity index (χ0n) is 11.2. The van der Waals surface area contributed by atoms with Crippen LogP contribution in [0.3, 0.4) is 0 Å². The first kappa shape index (κ1) is 14.3. The molecule has 0 saturated carbocycles. The van der Waals surface area contributed by atoms with E-state index in [2.05, 4.69) is 0 Å². The lowest BCUT2D eigenvalue weighted by Gasteiger charge is -2.13. The summed E-state index contributed by atoms with van der Waals surface area (Å²) in [6.07, 6.45) is 0. The van der Waals surface area contributed by atoms with Gasteiger partial charge in [0.1, 0.15) is 0 Å². The number of nitriles is 1. The molecule has 0 fully saturated rings. The van der Waals surface area contributed by atoms with E-state index in [9.17, 15) is 8.42 Å². The molecular formula is C16H15NO2S. The van der Waals surface area contributed by atoms with Crippen molar-refractivity contribution in [2.24, 2.45) is 0 Å². The highest BCUT2D eigenvalue weighted by Gasteiger charge is 2.22. The molecule has 2 rings (SSSR count). The molecule has 2 aromatic carbocycles. The van der Waals surface area contributed by atoms with E-state index in [0.29, 0.717) is 11.1 Å². The van der Waals surface area contributed by atoms with Crippen molar-refractivity contribution in [1.29, 1.82) is 5.26 Å². The summed E-state index contributed by atoms with van der Waals surface area (Å²) in [5.74, 6) is -0.0570. The summed E-state index contributed by atoms with van der Waals surface area (Å²) >= 11 is 0. The van der Waals surface area contributed by atoms with E-state index in [1.165, 1.54) is 0 Å². The van der Waals surface area contributed by atoms with Gasteiger partial charge in [0.15, 0.2) is 9.84 Å². The van der Waals surface area contributed by atoms with Crippen LogP contribution in [0.5, 0.6) is 0 Å². The molecule has 0 amide bonds. The lowest BCUT2D eigenvalue weighted by molar-refractivity contribution is 0.585. The van der Waals surface area contributed by atoms with E-state index >= 15 is 0 Å². The smallest absolute Gasteiger partial charge is 0.161 e. The fourth-order valence-corrected chi connectivity index (χ4v) is 3.49. The van der Waals surface area contributed by atoms with Crippen LogP contribution in [0.2, 0.25) is 0 Å².